The van der Waals surface area contributed by atoms with Crippen molar-refractivity contribution in [3.63, 3.8) is 0 Å². The van der Waals surface area contributed by atoms with Crippen LogP contribution < -0.4 is 25.1 Å². The summed E-state index contributed by atoms with van der Waals surface area (Å²) in [5.74, 6) is 1.30. The van der Waals surface area contributed by atoms with Gasteiger partial charge in [0.1, 0.15) is 36.1 Å². The van der Waals surface area contributed by atoms with E-state index in [0.717, 1.165) is 26.1 Å². The molecule has 0 saturated carbocycles. The Kier molecular flexibility index (Phi) is 13.8. The molecule has 2 N–H and O–H groups in total. The first-order valence-corrected chi connectivity index (χ1v) is 19.7. The van der Waals surface area contributed by atoms with Crippen LogP contribution in [-0.4, -0.2) is 95.0 Å². The number of benzene rings is 2. The average Bonchev–Trinajstić information content (AvgIpc) is 3.24. The van der Waals surface area contributed by atoms with Gasteiger partial charge in [0.25, 0.3) is 0 Å². The lowest BCUT2D eigenvalue weighted by Gasteiger charge is -2.40. The van der Waals surface area contributed by atoms with Crippen LogP contribution in [0, 0.1) is 3.57 Å². The van der Waals surface area contributed by atoms with Gasteiger partial charge in [-0.15, -0.1) is 0 Å². The number of carbonyl (C=O) groups is 2. The fourth-order valence-corrected chi connectivity index (χ4v) is 7.18. The number of nitrogens with zero attached hydrogens (tertiary/aromatic N) is 12. The van der Waals surface area contributed by atoms with Gasteiger partial charge < -0.3 is 29.6 Å². The van der Waals surface area contributed by atoms with Gasteiger partial charge in [0.15, 0.2) is 11.6 Å². The number of rotatable bonds is 6. The van der Waals surface area contributed by atoms with Crippen molar-refractivity contribution >= 4 is 105 Å². The molecule has 2 amide bonds. The lowest BCUT2D eigenvalue weighted by atomic mass is 9.83. The molecule has 2 aromatic carbocycles. The molecule has 6 heterocycles. The van der Waals surface area contributed by atoms with Gasteiger partial charge in [-0.05, 0) is 94.5 Å². The molecule has 2 aliphatic rings. The second-order valence-electron chi connectivity index (χ2n) is 12.8. The third-order valence-electron chi connectivity index (χ3n) is 9.23. The zero-order valence-corrected chi connectivity index (χ0v) is 35.3. The summed E-state index contributed by atoms with van der Waals surface area (Å²) in [7, 11) is 2.01. The molecule has 58 heavy (non-hydrogen) atoms. The third kappa shape index (κ3) is 9.15. The van der Waals surface area contributed by atoms with E-state index in [4.69, 9.17) is 33.2 Å². The summed E-state index contributed by atoms with van der Waals surface area (Å²) >= 11 is 14.3. The van der Waals surface area contributed by atoms with Crippen molar-refractivity contribution < 1.29 is 19.6 Å². The van der Waals surface area contributed by atoms with E-state index in [1.807, 2.05) is 72.2 Å². The summed E-state index contributed by atoms with van der Waals surface area (Å²) in [6.07, 6.45) is 13.5. The van der Waals surface area contributed by atoms with Crippen LogP contribution in [0.25, 0.3) is 11.1 Å². The highest BCUT2D eigenvalue weighted by molar-refractivity contribution is 14.1. The minimum absolute atomic E-state index is 0.00984. The van der Waals surface area contributed by atoms with Crippen molar-refractivity contribution in [1.29, 1.82) is 0 Å². The molecule has 16 nitrogen and oxygen atoms in total. The molecular weight excluding hydrogens is 897 g/mol. The molecule has 296 valence electrons. The highest BCUT2D eigenvalue weighted by atomic mass is 127. The molecule has 0 radical (unpaired) electrons. The Balaban J connectivity index is 0.000000164. The number of carbonyl (C=O) groups excluding carboxylic acids is 2. The molecule has 0 saturated heterocycles. The Bertz CT molecular complexity index is 2390. The van der Waals surface area contributed by atoms with Gasteiger partial charge in [-0.3, -0.25) is 9.59 Å². The van der Waals surface area contributed by atoms with Gasteiger partial charge in [-0.25, -0.2) is 29.9 Å². The molecule has 0 aliphatic carbocycles. The van der Waals surface area contributed by atoms with Crippen molar-refractivity contribution in [2.75, 3.05) is 33.7 Å². The van der Waals surface area contributed by atoms with Crippen LogP contribution >= 0.6 is 45.8 Å². The fourth-order valence-electron chi connectivity index (χ4n) is 6.39. The molecule has 0 bridgehead atoms. The summed E-state index contributed by atoms with van der Waals surface area (Å²) < 4.78 is 1.10. The van der Waals surface area contributed by atoms with Crippen molar-refractivity contribution in [3.8, 4) is 11.1 Å². The average molecular weight is 933 g/mol. The second-order valence-corrected chi connectivity index (χ2v) is 14.7. The van der Waals surface area contributed by atoms with Gasteiger partial charge in [0, 0.05) is 64.9 Å². The fraction of sp³-hybridized carbons (Fsp3) is 0.211. The van der Waals surface area contributed by atoms with E-state index in [1.54, 1.807) is 48.7 Å². The van der Waals surface area contributed by atoms with Crippen molar-refractivity contribution in [2.24, 2.45) is 0 Å². The number of aromatic nitrogens is 8. The molecular formula is C38H36BCl2IN12O4. The summed E-state index contributed by atoms with van der Waals surface area (Å²) in [4.78, 5) is 64.8. The van der Waals surface area contributed by atoms with Crippen LogP contribution in [0.15, 0.2) is 98.4 Å². The molecule has 2 aliphatic heterocycles. The smallest absolute Gasteiger partial charge is 0.423 e. The Morgan fingerprint density at radius 1 is 0.672 bits per heavy atom. The first-order chi connectivity index (χ1) is 27.9. The van der Waals surface area contributed by atoms with E-state index in [0.29, 0.717) is 41.3 Å². The number of amides is 2. The molecule has 8 rings (SSSR count). The van der Waals surface area contributed by atoms with Gasteiger partial charge in [-0.1, -0.05) is 32.0 Å². The first-order valence-electron chi connectivity index (χ1n) is 17.8. The third-order valence-corrected chi connectivity index (χ3v) is 10.3. The van der Waals surface area contributed by atoms with Crippen LogP contribution in [0.5, 0.6) is 0 Å². The van der Waals surface area contributed by atoms with E-state index in [-0.39, 0.29) is 34.5 Å². The predicted molar refractivity (Wildman–Crippen MR) is 232 cm³/mol. The number of hydrogen-bond donors (Lipinski definition) is 2. The minimum atomic E-state index is -1.47. The molecule has 2 unspecified atom stereocenters. The second kappa shape index (κ2) is 18.9. The summed E-state index contributed by atoms with van der Waals surface area (Å²) in [5.41, 5.74) is 5.22. The Hall–Kier alpha value is -5.41. The highest BCUT2D eigenvalue weighted by Crippen LogP contribution is 2.42. The van der Waals surface area contributed by atoms with Crippen molar-refractivity contribution in [1.82, 2.24) is 39.9 Å². The van der Waals surface area contributed by atoms with Gasteiger partial charge in [0.05, 0.1) is 12.4 Å². The lowest BCUT2D eigenvalue weighted by molar-refractivity contribution is -0.120. The quantitative estimate of drug-likeness (QED) is 0.125. The highest BCUT2D eigenvalue weighted by Gasteiger charge is 2.39. The number of likely N-dealkylation sites (N-methyl/N-ethyl adjacent to an activating group) is 2. The zero-order chi connectivity index (χ0) is 41.5. The van der Waals surface area contributed by atoms with Crippen LogP contribution in [0.1, 0.15) is 26.7 Å². The van der Waals surface area contributed by atoms with Gasteiger partial charge in [-0.2, -0.15) is 9.97 Å². The lowest BCUT2D eigenvalue weighted by Crippen LogP contribution is -2.50. The number of anilines is 6. The Morgan fingerprint density at radius 2 is 1.14 bits per heavy atom. The summed E-state index contributed by atoms with van der Waals surface area (Å²) in [6.45, 7) is 3.97. The van der Waals surface area contributed by atoms with Gasteiger partial charge >= 0.3 is 7.12 Å². The van der Waals surface area contributed by atoms with E-state index >= 15 is 0 Å². The molecule has 2 atom stereocenters. The Labute approximate surface area is 358 Å². The van der Waals surface area contributed by atoms with E-state index < -0.39 is 7.12 Å². The van der Waals surface area contributed by atoms with Crippen LogP contribution in [0.2, 0.25) is 10.6 Å². The molecule has 0 spiro atoms. The minimum Gasteiger partial charge on any atom is -0.423 e. The van der Waals surface area contributed by atoms with Crippen LogP contribution in [-0.2, 0) is 9.59 Å². The molecule has 6 aromatic rings. The van der Waals surface area contributed by atoms with E-state index in [2.05, 4.69) is 62.5 Å². The maximum atomic E-state index is 12.9. The van der Waals surface area contributed by atoms with Crippen molar-refractivity contribution in [2.45, 2.75) is 38.8 Å². The SMILES string of the molecule is CCC1C(=O)N(C)c2cnc(Cl)nc2N1c1cccc(-c2cncnc2)c1.CCC1C(=O)N(C)c2cnc(Cl)nc2N1c1cccc(I)c1.OB(O)c1cncnc1. The van der Waals surface area contributed by atoms with E-state index in [1.165, 1.54) is 25.0 Å². The van der Waals surface area contributed by atoms with Crippen molar-refractivity contribution in [3.05, 3.63) is 113 Å². The monoisotopic (exact) mass is 932 g/mol. The Morgan fingerprint density at radius 3 is 1.59 bits per heavy atom. The zero-order valence-electron chi connectivity index (χ0n) is 31.6. The largest absolute Gasteiger partial charge is 0.491 e. The maximum Gasteiger partial charge on any atom is 0.491 e. The number of halogens is 3. The van der Waals surface area contributed by atoms with Crippen LogP contribution in [0.3, 0.4) is 0 Å². The molecule has 0 fully saturated rings. The summed E-state index contributed by atoms with van der Waals surface area (Å²) in [6, 6.07) is 15.2. The number of hydrogen-bond acceptors (Lipinski definition) is 14. The maximum absolute atomic E-state index is 12.9. The predicted octanol–water partition coefficient (Wildman–Crippen LogP) is 5.26. The number of fused-ring (bicyclic) bond motifs is 2. The summed E-state index contributed by atoms with van der Waals surface area (Å²) in [5, 5.41) is 17.3. The normalized spacial score (nSPS) is 15.7. The van der Waals surface area contributed by atoms with E-state index in [9.17, 15) is 9.59 Å². The topological polar surface area (TPSA) is 191 Å². The standard InChI is InChI=1S/C19H17ClN6O.C15H14ClIN4O.C4H5BN2O2/c1-3-15-18(27)25(2)16-10-23-19(20)24-17(16)26(15)14-6-4-5-12(7-14)13-8-21-11-22-9-13;1-3-11-14(22)20(2)12-8-18-15(16)19-13(12)21(11)10-6-4-5-9(17)7-10;8-5(9)4-1-6-3-7-2-4/h4-11,15H,3H2,1-2H3;4-8,11H,3H2,1-2H3;1-3,8-9H. The molecule has 20 heteroatoms. The first kappa shape index (κ1) is 42.2. The van der Waals surface area contributed by atoms with Crippen LogP contribution in [0.4, 0.5) is 34.4 Å². The molecule has 4 aromatic heterocycles. The van der Waals surface area contributed by atoms with Gasteiger partial charge in [0.2, 0.25) is 22.4 Å².